The van der Waals surface area contributed by atoms with E-state index in [1.165, 1.54) is 18.5 Å². The molecular weight excluding hydrogens is 517 g/mol. The Bertz CT molecular complexity index is 1040. The second kappa shape index (κ2) is 11.3. The fourth-order valence-electron chi connectivity index (χ4n) is 2.82. The highest BCUT2D eigenvalue weighted by Crippen LogP contribution is 2.19. The summed E-state index contributed by atoms with van der Waals surface area (Å²) < 4.78 is 32.9. The number of halogens is 1. The molecule has 1 aromatic carbocycles. The van der Waals surface area contributed by atoms with Crippen molar-refractivity contribution < 1.29 is 12.8 Å². The Kier molecular flexibility index (Phi) is 9.06. The Labute approximate surface area is 193 Å². The van der Waals surface area contributed by atoms with E-state index in [0.29, 0.717) is 25.6 Å². The molecule has 0 aliphatic carbocycles. The summed E-state index contributed by atoms with van der Waals surface area (Å²) in [4.78, 5) is 10.4. The number of rotatable bonds is 8. The van der Waals surface area contributed by atoms with Crippen molar-refractivity contribution >= 4 is 50.9 Å². The Balaban J connectivity index is 0.00000320. The molecule has 0 saturated heterocycles. The first-order chi connectivity index (χ1) is 14.0. The number of hydrogen-bond donors (Lipinski definition) is 2. The molecule has 3 aromatic rings. The molecule has 0 atom stereocenters. The highest BCUT2D eigenvalue weighted by Gasteiger charge is 2.13. The first-order valence-electron chi connectivity index (χ1n) is 9.36. The zero-order valence-corrected chi connectivity index (χ0v) is 20.1. The summed E-state index contributed by atoms with van der Waals surface area (Å²) in [5.74, 6) is 1.50. The van der Waals surface area contributed by atoms with Gasteiger partial charge in [-0.05, 0) is 31.2 Å². The molecule has 2 aromatic heterocycles. The second-order valence-electron chi connectivity index (χ2n) is 6.43. The van der Waals surface area contributed by atoms with Crippen LogP contribution in [0.3, 0.4) is 0 Å². The molecule has 0 amide bonds. The van der Waals surface area contributed by atoms with Crippen molar-refractivity contribution in [3.05, 3.63) is 60.6 Å². The quantitative estimate of drug-likeness (QED) is 0.196. The molecule has 0 saturated carbocycles. The maximum absolute atomic E-state index is 12.2. The lowest BCUT2D eigenvalue weighted by Crippen LogP contribution is -2.39. The van der Waals surface area contributed by atoms with Crippen molar-refractivity contribution in [3.63, 3.8) is 0 Å². The Hall–Kier alpha value is -2.18. The molecular formula is C20H26IN5O3S. The third-order valence-electron chi connectivity index (χ3n) is 4.18. The fraction of sp³-hybridized carbons (Fsp3) is 0.300. The van der Waals surface area contributed by atoms with Crippen molar-refractivity contribution in [1.29, 1.82) is 0 Å². The predicted molar refractivity (Wildman–Crippen MR) is 129 cm³/mol. The van der Waals surface area contributed by atoms with Crippen LogP contribution in [0.2, 0.25) is 0 Å². The van der Waals surface area contributed by atoms with Gasteiger partial charge in [0.15, 0.2) is 5.96 Å². The summed E-state index contributed by atoms with van der Waals surface area (Å²) >= 11 is 0. The van der Waals surface area contributed by atoms with Gasteiger partial charge in [-0.3, -0.25) is 9.98 Å². The number of aromatic nitrogens is 1. The summed E-state index contributed by atoms with van der Waals surface area (Å²) in [6, 6.07) is 13.0. The standard InChI is InChI=1S/C20H25N5O3S.HI/c1-3-22-20(23-11-12-24-29(26,27)18-8-6-10-21-14-18)25(2)15-17-13-16-7-4-5-9-19(16)28-17;/h4-10,13-14,24H,3,11-12,15H2,1-2H3,(H,22,23);1H. The second-order valence-corrected chi connectivity index (χ2v) is 8.20. The van der Waals surface area contributed by atoms with E-state index < -0.39 is 10.0 Å². The Morgan fingerprint density at radius 1 is 1.23 bits per heavy atom. The van der Waals surface area contributed by atoms with Crippen LogP contribution in [0.4, 0.5) is 0 Å². The maximum atomic E-state index is 12.2. The summed E-state index contributed by atoms with van der Waals surface area (Å²) in [6.07, 6.45) is 2.85. The van der Waals surface area contributed by atoms with Crippen LogP contribution in [0.5, 0.6) is 0 Å². The van der Waals surface area contributed by atoms with Gasteiger partial charge in [-0.25, -0.2) is 13.1 Å². The molecule has 0 radical (unpaired) electrons. The molecule has 8 nitrogen and oxygen atoms in total. The van der Waals surface area contributed by atoms with Gasteiger partial charge >= 0.3 is 0 Å². The summed E-state index contributed by atoms with van der Waals surface area (Å²) in [5.41, 5.74) is 0.850. The average molecular weight is 543 g/mol. The number of para-hydroxylation sites is 1. The van der Waals surface area contributed by atoms with E-state index in [2.05, 4.69) is 20.0 Å². The number of nitrogens with zero attached hydrogens (tertiary/aromatic N) is 3. The highest BCUT2D eigenvalue weighted by atomic mass is 127. The van der Waals surface area contributed by atoms with Gasteiger partial charge in [0.05, 0.1) is 13.1 Å². The van der Waals surface area contributed by atoms with Gasteiger partial charge in [0.25, 0.3) is 0 Å². The number of furan rings is 1. The van der Waals surface area contributed by atoms with Crippen molar-refractivity contribution in [3.8, 4) is 0 Å². The van der Waals surface area contributed by atoms with Crippen LogP contribution in [0.1, 0.15) is 12.7 Å². The van der Waals surface area contributed by atoms with Crippen LogP contribution in [0, 0.1) is 0 Å². The van der Waals surface area contributed by atoms with Gasteiger partial charge < -0.3 is 14.6 Å². The summed E-state index contributed by atoms with van der Waals surface area (Å²) in [6.45, 7) is 3.71. The van der Waals surface area contributed by atoms with Crippen molar-refractivity contribution in [2.24, 2.45) is 4.99 Å². The Morgan fingerprint density at radius 3 is 2.73 bits per heavy atom. The number of nitrogens with one attached hydrogen (secondary N) is 2. The number of benzene rings is 1. The normalized spacial score (nSPS) is 11.9. The lowest BCUT2D eigenvalue weighted by molar-refractivity contribution is 0.412. The zero-order valence-electron chi connectivity index (χ0n) is 16.9. The van der Waals surface area contributed by atoms with E-state index in [1.54, 1.807) is 6.07 Å². The highest BCUT2D eigenvalue weighted by molar-refractivity contribution is 14.0. The minimum atomic E-state index is -3.58. The molecule has 2 heterocycles. The van der Waals surface area contributed by atoms with Gasteiger partial charge in [0, 0.05) is 37.9 Å². The third-order valence-corrected chi connectivity index (χ3v) is 5.62. The fourth-order valence-corrected chi connectivity index (χ4v) is 3.81. The molecule has 10 heteroatoms. The number of pyridine rings is 1. The van der Waals surface area contributed by atoms with Gasteiger partial charge in [0.1, 0.15) is 16.2 Å². The van der Waals surface area contributed by atoms with Crippen LogP contribution in [-0.4, -0.2) is 50.9 Å². The van der Waals surface area contributed by atoms with Gasteiger partial charge in [-0.15, -0.1) is 24.0 Å². The molecule has 0 fully saturated rings. The smallest absolute Gasteiger partial charge is 0.242 e. The van der Waals surface area contributed by atoms with Gasteiger partial charge in [0.2, 0.25) is 10.0 Å². The number of sulfonamides is 1. The largest absolute Gasteiger partial charge is 0.459 e. The minimum absolute atomic E-state index is 0. The average Bonchev–Trinajstić information content (AvgIpc) is 3.13. The lowest BCUT2D eigenvalue weighted by atomic mass is 10.2. The van der Waals surface area contributed by atoms with E-state index in [4.69, 9.17) is 4.42 Å². The molecule has 0 aliphatic rings. The van der Waals surface area contributed by atoms with E-state index >= 15 is 0 Å². The van der Waals surface area contributed by atoms with Gasteiger partial charge in [-0.2, -0.15) is 0 Å². The third kappa shape index (κ3) is 6.41. The van der Waals surface area contributed by atoms with Crippen molar-refractivity contribution in [2.75, 3.05) is 26.7 Å². The number of fused-ring (bicyclic) bond motifs is 1. The van der Waals surface area contributed by atoms with Crippen LogP contribution >= 0.6 is 24.0 Å². The molecule has 0 bridgehead atoms. The molecule has 30 heavy (non-hydrogen) atoms. The summed E-state index contributed by atoms with van der Waals surface area (Å²) in [5, 5.41) is 4.27. The molecule has 2 N–H and O–H groups in total. The monoisotopic (exact) mass is 543 g/mol. The number of guanidine groups is 1. The first-order valence-corrected chi connectivity index (χ1v) is 10.8. The topological polar surface area (TPSA) is 99.8 Å². The lowest BCUT2D eigenvalue weighted by Gasteiger charge is -2.21. The van der Waals surface area contributed by atoms with Crippen molar-refractivity contribution in [2.45, 2.75) is 18.4 Å². The SMILES string of the molecule is CCNC(=NCCNS(=O)(=O)c1cccnc1)N(C)Cc1cc2ccccc2o1.I. The predicted octanol–water partition coefficient (Wildman–Crippen LogP) is 2.82. The van der Waals surface area contributed by atoms with E-state index in [9.17, 15) is 8.42 Å². The van der Waals surface area contributed by atoms with Crippen LogP contribution < -0.4 is 10.0 Å². The maximum Gasteiger partial charge on any atom is 0.242 e. The zero-order chi connectivity index (χ0) is 20.7. The van der Waals surface area contributed by atoms with E-state index in [-0.39, 0.29) is 35.4 Å². The van der Waals surface area contributed by atoms with E-state index in [1.807, 2.05) is 49.2 Å². The van der Waals surface area contributed by atoms with Gasteiger partial charge in [-0.1, -0.05) is 18.2 Å². The summed E-state index contributed by atoms with van der Waals surface area (Å²) in [7, 11) is -1.67. The van der Waals surface area contributed by atoms with Crippen LogP contribution in [0.15, 0.2) is 69.2 Å². The Morgan fingerprint density at radius 2 is 2.03 bits per heavy atom. The minimum Gasteiger partial charge on any atom is -0.459 e. The molecule has 162 valence electrons. The van der Waals surface area contributed by atoms with Crippen LogP contribution in [0.25, 0.3) is 11.0 Å². The molecule has 0 aliphatic heterocycles. The number of aliphatic imine (C=N–C) groups is 1. The van der Waals surface area contributed by atoms with Crippen LogP contribution in [-0.2, 0) is 16.6 Å². The molecule has 3 rings (SSSR count). The van der Waals surface area contributed by atoms with Crippen molar-refractivity contribution in [1.82, 2.24) is 19.9 Å². The first kappa shape index (κ1) is 24.1. The van der Waals surface area contributed by atoms with E-state index in [0.717, 1.165) is 16.7 Å². The number of hydrogen-bond acceptors (Lipinski definition) is 5. The molecule has 0 unspecified atom stereocenters. The molecule has 0 spiro atoms.